The fourth-order valence-electron chi connectivity index (χ4n) is 4.16. The molecule has 2 amide bonds. The van der Waals surface area contributed by atoms with Crippen LogP contribution < -0.4 is 0 Å². The van der Waals surface area contributed by atoms with Crippen LogP contribution in [0.4, 0.5) is 4.39 Å². The Hall–Kier alpha value is -2.17. The number of nitrogens with zero attached hydrogens (tertiary/aromatic N) is 2. The molecule has 0 bridgehead atoms. The number of hydrogen-bond donors (Lipinski definition) is 0. The van der Waals surface area contributed by atoms with Gasteiger partial charge in [-0.2, -0.15) is 0 Å². The van der Waals surface area contributed by atoms with Crippen LogP contribution in [-0.2, 0) is 4.79 Å². The van der Waals surface area contributed by atoms with Gasteiger partial charge in [-0.05, 0) is 43.7 Å². The van der Waals surface area contributed by atoms with Crippen molar-refractivity contribution in [3.05, 3.63) is 47.3 Å². The van der Waals surface area contributed by atoms with E-state index in [0.29, 0.717) is 32.6 Å². The van der Waals surface area contributed by atoms with E-state index in [0.717, 1.165) is 0 Å². The van der Waals surface area contributed by atoms with Gasteiger partial charge < -0.3 is 9.80 Å². The van der Waals surface area contributed by atoms with Crippen LogP contribution in [0.5, 0.6) is 0 Å². The van der Waals surface area contributed by atoms with Gasteiger partial charge >= 0.3 is 0 Å². The summed E-state index contributed by atoms with van der Waals surface area (Å²) in [5, 5.41) is 0. The number of halogens is 1. The predicted octanol–water partition coefficient (Wildman–Crippen LogP) is 3.74. The summed E-state index contributed by atoms with van der Waals surface area (Å²) in [6, 6.07) is 6.07. The number of carbonyl (C=O) groups excluding carboxylic acids is 2. The molecular formula is C22H29FN2O2. The SMILES string of the molecule is CC(C)=C[C@@H]1[C@@H](C(=O)N2CCCN(C(=O)c3ccccc3F)CC2)C1(C)C. The van der Waals surface area contributed by atoms with Gasteiger partial charge in [-0.15, -0.1) is 0 Å². The van der Waals surface area contributed by atoms with Gasteiger partial charge in [0.25, 0.3) is 5.91 Å². The number of allylic oxidation sites excluding steroid dienone is 2. The number of hydrogen-bond acceptors (Lipinski definition) is 2. The molecule has 0 unspecified atom stereocenters. The minimum Gasteiger partial charge on any atom is -0.341 e. The largest absolute Gasteiger partial charge is 0.341 e. The van der Waals surface area contributed by atoms with Gasteiger partial charge in [0.05, 0.1) is 11.5 Å². The van der Waals surface area contributed by atoms with Crippen molar-refractivity contribution in [2.24, 2.45) is 17.3 Å². The lowest BCUT2D eigenvalue weighted by molar-refractivity contribution is -0.133. The van der Waals surface area contributed by atoms with E-state index < -0.39 is 5.82 Å². The van der Waals surface area contributed by atoms with Crippen molar-refractivity contribution >= 4 is 11.8 Å². The molecule has 146 valence electrons. The molecule has 1 saturated carbocycles. The van der Waals surface area contributed by atoms with Crippen molar-refractivity contribution in [2.45, 2.75) is 34.1 Å². The topological polar surface area (TPSA) is 40.6 Å². The predicted molar refractivity (Wildman–Crippen MR) is 104 cm³/mol. The average Bonchev–Trinajstić information content (AvgIpc) is 3.23. The molecule has 2 atom stereocenters. The Kier molecular flexibility index (Phi) is 5.41. The first-order chi connectivity index (χ1) is 12.7. The molecule has 0 N–H and O–H groups in total. The number of carbonyl (C=O) groups is 2. The van der Waals surface area contributed by atoms with Crippen LogP contribution in [0.2, 0.25) is 0 Å². The standard InChI is InChI=1S/C22H29FN2O2/c1-15(2)14-17-19(22(17,3)4)21(27)25-11-7-10-24(12-13-25)20(26)16-8-5-6-9-18(16)23/h5-6,8-9,14,17,19H,7,10-13H2,1-4H3/t17-,19+/m1/s1. The molecule has 0 aromatic heterocycles. The molecule has 2 aliphatic rings. The van der Waals surface area contributed by atoms with Gasteiger partial charge in [0, 0.05) is 26.2 Å². The highest BCUT2D eigenvalue weighted by Crippen LogP contribution is 2.60. The van der Waals surface area contributed by atoms with Gasteiger partial charge in [0.15, 0.2) is 0 Å². The zero-order valence-corrected chi connectivity index (χ0v) is 16.7. The maximum absolute atomic E-state index is 13.9. The van der Waals surface area contributed by atoms with E-state index in [-0.39, 0.29) is 34.6 Å². The zero-order valence-electron chi connectivity index (χ0n) is 16.7. The normalized spacial score (nSPS) is 24.2. The molecule has 1 aliphatic carbocycles. The van der Waals surface area contributed by atoms with Gasteiger partial charge in [-0.25, -0.2) is 4.39 Å². The van der Waals surface area contributed by atoms with Crippen molar-refractivity contribution in [3.8, 4) is 0 Å². The Bertz CT molecular complexity index is 767. The third-order valence-electron chi connectivity index (χ3n) is 5.89. The molecule has 1 heterocycles. The summed E-state index contributed by atoms with van der Waals surface area (Å²) in [7, 11) is 0. The van der Waals surface area contributed by atoms with Gasteiger partial charge in [-0.3, -0.25) is 9.59 Å². The molecule has 0 spiro atoms. The van der Waals surface area contributed by atoms with Gasteiger partial charge in [-0.1, -0.05) is 37.6 Å². The third kappa shape index (κ3) is 3.92. The maximum Gasteiger partial charge on any atom is 0.256 e. The molecule has 0 radical (unpaired) electrons. The van der Waals surface area contributed by atoms with Crippen molar-refractivity contribution in [3.63, 3.8) is 0 Å². The highest BCUT2D eigenvalue weighted by atomic mass is 19.1. The molecule has 2 fully saturated rings. The third-order valence-corrected chi connectivity index (χ3v) is 5.89. The molecular weight excluding hydrogens is 343 g/mol. The maximum atomic E-state index is 13.9. The van der Waals surface area contributed by atoms with E-state index in [4.69, 9.17) is 0 Å². The van der Waals surface area contributed by atoms with Crippen LogP contribution >= 0.6 is 0 Å². The lowest BCUT2D eigenvalue weighted by atomic mass is 10.1. The first kappa shape index (κ1) is 19.6. The zero-order chi connectivity index (χ0) is 19.8. The van der Waals surface area contributed by atoms with Crippen LogP contribution in [-0.4, -0.2) is 47.8 Å². The van der Waals surface area contributed by atoms with E-state index in [9.17, 15) is 14.0 Å². The molecule has 5 heteroatoms. The minimum absolute atomic E-state index is 0.0106. The molecule has 1 aromatic carbocycles. The van der Waals surface area contributed by atoms with Gasteiger partial charge in [0.2, 0.25) is 5.91 Å². The van der Waals surface area contributed by atoms with Crippen LogP contribution in [0.25, 0.3) is 0 Å². The summed E-state index contributed by atoms with van der Waals surface area (Å²) < 4.78 is 13.9. The summed E-state index contributed by atoms with van der Waals surface area (Å²) in [4.78, 5) is 29.3. The molecule has 27 heavy (non-hydrogen) atoms. The Morgan fingerprint density at radius 3 is 2.37 bits per heavy atom. The lowest BCUT2D eigenvalue weighted by Crippen LogP contribution is -2.38. The second kappa shape index (κ2) is 7.45. The van der Waals surface area contributed by atoms with Crippen LogP contribution in [0, 0.1) is 23.1 Å². The summed E-state index contributed by atoms with van der Waals surface area (Å²) in [5.74, 6) is -0.307. The van der Waals surface area contributed by atoms with Crippen molar-refractivity contribution in [2.75, 3.05) is 26.2 Å². The summed E-state index contributed by atoms with van der Waals surface area (Å²) in [6.07, 6.45) is 2.92. The van der Waals surface area contributed by atoms with Crippen LogP contribution in [0.3, 0.4) is 0 Å². The Balaban J connectivity index is 1.65. The second-order valence-electron chi connectivity index (χ2n) is 8.52. The number of benzene rings is 1. The summed E-state index contributed by atoms with van der Waals surface area (Å²) in [5.41, 5.74) is 1.33. The molecule has 1 aliphatic heterocycles. The first-order valence-electron chi connectivity index (χ1n) is 9.71. The highest BCUT2D eigenvalue weighted by Gasteiger charge is 2.61. The fourth-order valence-corrected chi connectivity index (χ4v) is 4.16. The van der Waals surface area contributed by atoms with Crippen molar-refractivity contribution < 1.29 is 14.0 Å². The van der Waals surface area contributed by atoms with Crippen molar-refractivity contribution in [1.29, 1.82) is 0 Å². The number of amides is 2. The number of rotatable bonds is 3. The van der Waals surface area contributed by atoms with E-state index in [1.165, 1.54) is 17.7 Å². The monoisotopic (exact) mass is 372 g/mol. The quantitative estimate of drug-likeness (QED) is 0.759. The Morgan fingerprint density at radius 1 is 1.07 bits per heavy atom. The van der Waals surface area contributed by atoms with E-state index >= 15 is 0 Å². The van der Waals surface area contributed by atoms with E-state index in [2.05, 4.69) is 33.8 Å². The van der Waals surface area contributed by atoms with Crippen molar-refractivity contribution in [1.82, 2.24) is 9.80 Å². The summed E-state index contributed by atoms with van der Waals surface area (Å²) in [6.45, 7) is 10.6. The lowest BCUT2D eigenvalue weighted by Gasteiger charge is -2.23. The Labute approximate surface area is 161 Å². The van der Waals surface area contributed by atoms with E-state index in [1.54, 1.807) is 17.0 Å². The van der Waals surface area contributed by atoms with Gasteiger partial charge in [0.1, 0.15) is 5.82 Å². The van der Waals surface area contributed by atoms with Crippen LogP contribution in [0.15, 0.2) is 35.9 Å². The Morgan fingerprint density at radius 2 is 1.70 bits per heavy atom. The second-order valence-corrected chi connectivity index (χ2v) is 8.52. The highest BCUT2D eigenvalue weighted by molar-refractivity contribution is 5.94. The molecule has 3 rings (SSSR count). The fraction of sp³-hybridized carbons (Fsp3) is 0.545. The van der Waals surface area contributed by atoms with Crippen LogP contribution in [0.1, 0.15) is 44.5 Å². The smallest absolute Gasteiger partial charge is 0.256 e. The summed E-state index contributed by atoms with van der Waals surface area (Å²) >= 11 is 0. The molecule has 1 saturated heterocycles. The molecule has 1 aromatic rings. The average molecular weight is 372 g/mol. The molecule has 4 nitrogen and oxygen atoms in total. The van der Waals surface area contributed by atoms with E-state index in [1.807, 2.05) is 4.90 Å². The minimum atomic E-state index is -0.496. The first-order valence-corrected chi connectivity index (χ1v) is 9.71.